The smallest absolute Gasteiger partial charge is 0.0480 e. The van der Waals surface area contributed by atoms with Gasteiger partial charge in [0.15, 0.2) is 0 Å². The summed E-state index contributed by atoms with van der Waals surface area (Å²) >= 11 is 0. The van der Waals surface area contributed by atoms with E-state index in [2.05, 4.69) is 6.92 Å². The maximum atomic E-state index is 6.11. The summed E-state index contributed by atoms with van der Waals surface area (Å²) < 4.78 is 5.52. The molecule has 1 atom stereocenters. The minimum atomic E-state index is 0.388. The molecule has 2 N–H and O–H groups in total. The average Bonchev–Trinajstić information content (AvgIpc) is 2.70. The SMILES string of the molecule is CCCCOCCC(N)C1CCCC1. The Labute approximate surface area is 88.2 Å². The van der Waals surface area contributed by atoms with Gasteiger partial charge in [0, 0.05) is 19.3 Å². The molecule has 0 heterocycles. The molecule has 0 aromatic heterocycles. The van der Waals surface area contributed by atoms with Crippen LogP contribution in [0, 0.1) is 5.92 Å². The molecule has 1 saturated carbocycles. The van der Waals surface area contributed by atoms with E-state index in [4.69, 9.17) is 10.5 Å². The standard InChI is InChI=1S/C12H25NO/c1-2-3-9-14-10-8-12(13)11-6-4-5-7-11/h11-12H,2-10,13H2,1H3. The molecule has 14 heavy (non-hydrogen) atoms. The van der Waals surface area contributed by atoms with E-state index >= 15 is 0 Å². The van der Waals surface area contributed by atoms with Crippen molar-refractivity contribution in [1.29, 1.82) is 0 Å². The monoisotopic (exact) mass is 199 g/mol. The highest BCUT2D eigenvalue weighted by molar-refractivity contribution is 4.77. The first kappa shape index (κ1) is 12.0. The number of unbranched alkanes of at least 4 members (excludes halogenated alkanes) is 1. The van der Waals surface area contributed by atoms with E-state index in [1.165, 1.54) is 38.5 Å². The molecule has 0 aromatic rings. The van der Waals surface area contributed by atoms with Crippen molar-refractivity contribution in [3.63, 3.8) is 0 Å². The minimum Gasteiger partial charge on any atom is -0.381 e. The fraction of sp³-hybridized carbons (Fsp3) is 1.00. The Morgan fingerprint density at radius 2 is 2.00 bits per heavy atom. The maximum Gasteiger partial charge on any atom is 0.0480 e. The zero-order valence-electron chi connectivity index (χ0n) is 9.50. The van der Waals surface area contributed by atoms with Crippen molar-refractivity contribution in [3.8, 4) is 0 Å². The Kier molecular flexibility index (Phi) is 6.20. The summed E-state index contributed by atoms with van der Waals surface area (Å²) in [4.78, 5) is 0. The molecule has 1 aliphatic carbocycles. The molecule has 0 spiro atoms. The minimum absolute atomic E-state index is 0.388. The number of hydrogen-bond acceptors (Lipinski definition) is 2. The summed E-state index contributed by atoms with van der Waals surface area (Å²) in [6, 6.07) is 0.388. The summed E-state index contributed by atoms with van der Waals surface area (Å²) in [6.45, 7) is 3.96. The Bertz CT molecular complexity index is 132. The molecule has 0 amide bonds. The number of hydrogen-bond donors (Lipinski definition) is 1. The third-order valence-electron chi connectivity index (χ3n) is 3.24. The molecule has 1 unspecified atom stereocenters. The van der Waals surface area contributed by atoms with E-state index in [9.17, 15) is 0 Å². The van der Waals surface area contributed by atoms with E-state index in [-0.39, 0.29) is 0 Å². The van der Waals surface area contributed by atoms with Crippen molar-refractivity contribution in [3.05, 3.63) is 0 Å². The quantitative estimate of drug-likeness (QED) is 0.640. The largest absolute Gasteiger partial charge is 0.381 e. The van der Waals surface area contributed by atoms with E-state index in [1.54, 1.807) is 0 Å². The van der Waals surface area contributed by atoms with Crippen LogP contribution in [-0.2, 0) is 4.74 Å². The summed E-state index contributed by atoms with van der Waals surface area (Å²) in [5.74, 6) is 0.782. The first-order valence-corrected chi connectivity index (χ1v) is 6.18. The van der Waals surface area contributed by atoms with Gasteiger partial charge in [0.2, 0.25) is 0 Å². The van der Waals surface area contributed by atoms with E-state index in [0.29, 0.717) is 6.04 Å². The first-order valence-electron chi connectivity index (χ1n) is 6.18. The normalized spacial score (nSPS) is 20.1. The second-order valence-corrected chi connectivity index (χ2v) is 4.46. The van der Waals surface area contributed by atoms with Crippen LogP contribution in [0.2, 0.25) is 0 Å². The molecule has 84 valence electrons. The highest BCUT2D eigenvalue weighted by Crippen LogP contribution is 2.27. The fourth-order valence-electron chi connectivity index (χ4n) is 2.19. The summed E-state index contributed by atoms with van der Waals surface area (Å²) in [7, 11) is 0. The van der Waals surface area contributed by atoms with Crippen LogP contribution in [0.5, 0.6) is 0 Å². The zero-order valence-corrected chi connectivity index (χ0v) is 9.50. The third kappa shape index (κ3) is 4.43. The molecule has 0 saturated heterocycles. The van der Waals surface area contributed by atoms with E-state index < -0.39 is 0 Å². The molecular weight excluding hydrogens is 174 g/mol. The molecule has 0 bridgehead atoms. The molecular formula is C12H25NO. The lowest BCUT2D eigenvalue weighted by Crippen LogP contribution is -2.29. The van der Waals surface area contributed by atoms with Crippen molar-refractivity contribution in [2.45, 2.75) is 57.9 Å². The molecule has 0 radical (unpaired) electrons. The molecule has 2 heteroatoms. The highest BCUT2D eigenvalue weighted by atomic mass is 16.5. The molecule has 0 aromatic carbocycles. The van der Waals surface area contributed by atoms with E-state index in [0.717, 1.165) is 25.6 Å². The third-order valence-corrected chi connectivity index (χ3v) is 3.24. The van der Waals surface area contributed by atoms with Crippen LogP contribution in [0.4, 0.5) is 0 Å². The van der Waals surface area contributed by atoms with Crippen LogP contribution in [0.1, 0.15) is 51.9 Å². The summed E-state index contributed by atoms with van der Waals surface area (Å²) in [5.41, 5.74) is 6.11. The van der Waals surface area contributed by atoms with Gasteiger partial charge in [0.1, 0.15) is 0 Å². The Balaban J connectivity index is 1.94. The predicted octanol–water partition coefficient (Wildman–Crippen LogP) is 2.71. The Hall–Kier alpha value is -0.0800. The van der Waals surface area contributed by atoms with Crippen LogP contribution in [-0.4, -0.2) is 19.3 Å². The van der Waals surface area contributed by atoms with Gasteiger partial charge in [-0.25, -0.2) is 0 Å². The van der Waals surface area contributed by atoms with Gasteiger partial charge < -0.3 is 10.5 Å². The lowest BCUT2D eigenvalue weighted by atomic mass is 9.97. The van der Waals surface area contributed by atoms with Gasteiger partial charge in [-0.15, -0.1) is 0 Å². The Morgan fingerprint density at radius 1 is 1.29 bits per heavy atom. The van der Waals surface area contributed by atoms with Crippen molar-refractivity contribution in [2.24, 2.45) is 11.7 Å². The van der Waals surface area contributed by atoms with Crippen LogP contribution in [0.3, 0.4) is 0 Å². The van der Waals surface area contributed by atoms with Gasteiger partial charge in [-0.05, 0) is 31.6 Å². The first-order chi connectivity index (χ1) is 6.84. The van der Waals surface area contributed by atoms with Crippen LogP contribution in [0.15, 0.2) is 0 Å². The van der Waals surface area contributed by atoms with Crippen molar-refractivity contribution < 1.29 is 4.74 Å². The van der Waals surface area contributed by atoms with Crippen LogP contribution >= 0.6 is 0 Å². The van der Waals surface area contributed by atoms with Gasteiger partial charge >= 0.3 is 0 Å². The molecule has 2 nitrogen and oxygen atoms in total. The number of nitrogens with two attached hydrogens (primary N) is 1. The highest BCUT2D eigenvalue weighted by Gasteiger charge is 2.21. The fourth-order valence-corrected chi connectivity index (χ4v) is 2.19. The predicted molar refractivity (Wildman–Crippen MR) is 60.3 cm³/mol. The van der Waals surface area contributed by atoms with Crippen molar-refractivity contribution in [1.82, 2.24) is 0 Å². The second kappa shape index (κ2) is 7.24. The summed E-state index contributed by atoms with van der Waals surface area (Å²) in [5, 5.41) is 0. The van der Waals surface area contributed by atoms with Crippen LogP contribution in [0.25, 0.3) is 0 Å². The second-order valence-electron chi connectivity index (χ2n) is 4.46. The van der Waals surface area contributed by atoms with Gasteiger partial charge in [-0.1, -0.05) is 26.2 Å². The molecule has 1 fully saturated rings. The topological polar surface area (TPSA) is 35.2 Å². The lowest BCUT2D eigenvalue weighted by molar-refractivity contribution is 0.119. The van der Waals surface area contributed by atoms with Gasteiger partial charge in [-0.2, -0.15) is 0 Å². The number of ether oxygens (including phenoxy) is 1. The molecule has 1 rings (SSSR count). The van der Waals surface area contributed by atoms with Gasteiger partial charge in [0.05, 0.1) is 0 Å². The molecule has 1 aliphatic rings. The van der Waals surface area contributed by atoms with Crippen molar-refractivity contribution >= 4 is 0 Å². The van der Waals surface area contributed by atoms with Crippen LogP contribution < -0.4 is 5.73 Å². The van der Waals surface area contributed by atoms with Crippen molar-refractivity contribution in [2.75, 3.05) is 13.2 Å². The average molecular weight is 199 g/mol. The zero-order chi connectivity index (χ0) is 10.2. The maximum absolute atomic E-state index is 6.11. The van der Waals surface area contributed by atoms with Gasteiger partial charge in [-0.3, -0.25) is 0 Å². The lowest BCUT2D eigenvalue weighted by Gasteiger charge is -2.18. The van der Waals surface area contributed by atoms with Gasteiger partial charge in [0.25, 0.3) is 0 Å². The molecule has 0 aliphatic heterocycles. The summed E-state index contributed by atoms with van der Waals surface area (Å²) in [6.07, 6.45) is 8.90. The Morgan fingerprint density at radius 3 is 2.64 bits per heavy atom. The number of rotatable bonds is 7. The van der Waals surface area contributed by atoms with E-state index in [1.807, 2.05) is 0 Å².